The molecule has 11 aromatic rings. The molecule has 5 saturated heterocycles. The van der Waals surface area contributed by atoms with Gasteiger partial charge in [-0.1, -0.05) is 46.4 Å². The number of H-pyrrole nitrogens is 3. The van der Waals surface area contributed by atoms with Crippen molar-refractivity contribution in [3.8, 4) is 34.2 Å². The fraction of sp³-hybridized carbons (Fsp3) is 0.500. The van der Waals surface area contributed by atoms with Crippen molar-refractivity contribution >= 4 is 150 Å². The van der Waals surface area contributed by atoms with Crippen molar-refractivity contribution in [2.24, 2.45) is 35.3 Å². The Hall–Kier alpha value is -10.8. The number of nitrogens with zero attached hydrogens (tertiary/aromatic N) is 17. The summed E-state index contributed by atoms with van der Waals surface area (Å²) in [6.07, 6.45) is 24.8. The Balaban J connectivity index is 0.000000161. The molecule has 0 radical (unpaired) electrons. The van der Waals surface area contributed by atoms with Crippen molar-refractivity contribution in [3.05, 3.63) is 146 Å². The molecule has 11 aromatic heterocycles. The summed E-state index contributed by atoms with van der Waals surface area (Å²) in [5.41, 5.74) is 8.28. The maximum atomic E-state index is 14.4. The zero-order chi connectivity index (χ0) is 97.3. The van der Waals surface area contributed by atoms with Crippen LogP contribution >= 0.6 is 69.6 Å². The molecular formula is C90H113Cl6F5N26O8. The second-order valence-electron chi connectivity index (χ2n) is 35.9. The molecular weight excluding hydrogens is 1880 g/mol. The van der Waals surface area contributed by atoms with Crippen molar-refractivity contribution in [2.45, 2.75) is 150 Å². The van der Waals surface area contributed by atoms with E-state index >= 15 is 0 Å². The van der Waals surface area contributed by atoms with Gasteiger partial charge in [0.2, 0.25) is 16.5 Å². The van der Waals surface area contributed by atoms with E-state index in [1.165, 1.54) is 6.20 Å². The van der Waals surface area contributed by atoms with Crippen LogP contribution in [0.15, 0.2) is 86.4 Å². The number of rotatable bonds is 19. The van der Waals surface area contributed by atoms with Gasteiger partial charge in [0.25, 0.3) is 0 Å². The lowest BCUT2D eigenvalue weighted by molar-refractivity contribution is -0.133. The second kappa shape index (κ2) is 49.3. The number of aromatic nitrogens is 16. The number of pyridine rings is 3. The quantitative estimate of drug-likeness (QED) is 0.0157. The minimum atomic E-state index is -0.666. The largest absolute Gasteiger partial charge is 0.444 e. The minimum Gasteiger partial charge on any atom is -0.444 e. The number of amides is 4. The third-order valence-electron chi connectivity index (χ3n) is 21.7. The molecule has 5 atom stereocenters. The molecule has 45 heteroatoms. The van der Waals surface area contributed by atoms with Crippen LogP contribution in [0.3, 0.4) is 0 Å². The molecule has 0 bridgehead atoms. The van der Waals surface area contributed by atoms with Crippen LogP contribution in [0.4, 0.5) is 59.6 Å². The van der Waals surface area contributed by atoms with E-state index in [2.05, 4.69) is 106 Å². The zero-order valence-corrected chi connectivity index (χ0v) is 81.2. The van der Waals surface area contributed by atoms with Crippen molar-refractivity contribution in [3.63, 3.8) is 0 Å². The smallest absolute Gasteiger partial charge is 0.410 e. The Morgan fingerprint density at radius 3 is 1.10 bits per heavy atom. The summed E-state index contributed by atoms with van der Waals surface area (Å²) in [6, 6.07) is 5.33. The monoisotopic (exact) mass is 1990 g/mol. The van der Waals surface area contributed by atoms with Gasteiger partial charge in [0.05, 0.1) is 59.1 Å². The number of hydrogen-bond donors (Lipinski definition) is 9. The molecule has 5 aliphatic rings. The van der Waals surface area contributed by atoms with Crippen LogP contribution in [0.25, 0.3) is 67.3 Å². The molecule has 135 heavy (non-hydrogen) atoms. The Labute approximate surface area is 808 Å². The van der Waals surface area contributed by atoms with Gasteiger partial charge in [-0.05, 0) is 217 Å². The lowest BCUT2D eigenvalue weighted by atomic mass is 9.97. The molecule has 5 fully saturated rings. The van der Waals surface area contributed by atoms with E-state index in [1.807, 2.05) is 67.2 Å². The highest BCUT2D eigenvalue weighted by atomic mass is 35.5. The van der Waals surface area contributed by atoms with Crippen LogP contribution < -0.4 is 32.3 Å². The standard InChI is InChI=1S/C22H26ClFN6O2.C21H24ClFN6O2.C17H18ClFN6.C15H22ClFN4O2.C11H22N2O2.C4HCl2FN2/c1-22(2,3)32-21(31)30-6-4-5-13(12-30)8-25-20-17(24)11-28-19(29-20)16-10-27-18-15(16)7-14(23)9-26-18;1-31-6-4-18(30)29-5-2-3-13(12-29)8-24-21-17(23)11-27-20(28-21)16-10-26-19-15(16)7-14(22)9-25-19;18-11-4-12-13(8-23-15(12)22-7-11)16-24-9-14(19)17(25-16)21-6-10-2-1-3-20-5-10;1-15(2,3)23-14(22)21-6-4-5-10(9-21)7-18-12-11(17)8-19-13(16)20-12;1-11(2,3)15-10(14)13-6-4-5-9(7-12)8-13;5-3-2(7)1-8-4(6)9-3/h7,9-11,13H,4-6,8,12H2,1-3H3,(H,26,27)(H,25,28,29);7,9-11,13H,2-6,8,12H2,1H3,(H,25,26)(H,24,27,28);4,7-10,20H,1-3,5-6H2,(H,22,23)(H,21,24,25);8,10H,4-7,9H2,1-3H3,(H,18,19,20);9H,4-8,12H2,1-3H3;1H. The summed E-state index contributed by atoms with van der Waals surface area (Å²) in [6.45, 7) is 27.4. The number of anilines is 4. The van der Waals surface area contributed by atoms with Gasteiger partial charge < -0.3 is 85.8 Å². The number of carbonyl (C=O) groups is 4. The normalized spacial score (nSPS) is 17.5. The van der Waals surface area contributed by atoms with E-state index in [0.29, 0.717) is 151 Å². The van der Waals surface area contributed by atoms with Crippen LogP contribution in [0, 0.1) is 58.7 Å². The molecule has 16 rings (SSSR count). The van der Waals surface area contributed by atoms with Crippen LogP contribution in [-0.4, -0.2) is 252 Å². The summed E-state index contributed by atoms with van der Waals surface area (Å²) in [5, 5.41) is 19.2. The predicted octanol–water partition coefficient (Wildman–Crippen LogP) is 18.4. The molecule has 16 heterocycles. The Morgan fingerprint density at radius 2 is 0.748 bits per heavy atom. The van der Waals surface area contributed by atoms with Crippen LogP contribution in [0.1, 0.15) is 133 Å². The highest BCUT2D eigenvalue weighted by Crippen LogP contribution is 2.34. The second-order valence-corrected chi connectivity index (χ2v) is 38.2. The topological polar surface area (TPSA) is 419 Å². The zero-order valence-electron chi connectivity index (χ0n) is 76.7. The van der Waals surface area contributed by atoms with E-state index in [0.717, 1.165) is 143 Å². The van der Waals surface area contributed by atoms with Gasteiger partial charge in [0, 0.05) is 156 Å². The van der Waals surface area contributed by atoms with Gasteiger partial charge >= 0.3 is 18.3 Å². The van der Waals surface area contributed by atoms with E-state index in [1.54, 1.807) is 77.2 Å². The van der Waals surface area contributed by atoms with Crippen LogP contribution in [0.2, 0.25) is 30.8 Å². The Kier molecular flexibility index (Phi) is 38.2. The fourth-order valence-corrected chi connectivity index (χ4v) is 16.1. The Morgan fingerprint density at radius 1 is 0.422 bits per heavy atom. The number of likely N-dealkylation sites (tertiary alicyclic amines) is 4. The number of carbonyl (C=O) groups excluding carboxylic acids is 4. The molecule has 0 saturated carbocycles. The van der Waals surface area contributed by atoms with Crippen molar-refractivity contribution < 1.29 is 60.1 Å². The lowest BCUT2D eigenvalue weighted by Gasteiger charge is -2.34. The number of piperidine rings is 5. The number of methoxy groups -OCH3 is 1. The SMILES string of the molecule is CC(C)(C)OC(=O)N1CCCC(CN)C1.CC(C)(C)OC(=O)N1CCCC(CNc2nc(-c3c[nH]c4ncc(Cl)cc34)ncc2F)C1.CC(C)(C)OC(=O)N1CCCC(CNc2nc(Cl)ncc2F)C1.COCCC(=O)N1CCCC(CNc2nc(-c3c[nH]c4ncc(Cl)cc34)ncc2F)C1.Fc1cnc(-c2c[nH]c3ncc(Cl)cc23)nc1NCC1CCCNC1.Fc1cnc(Cl)nc1Cl. The number of hydrogen-bond acceptors (Lipinski definition) is 27. The highest BCUT2D eigenvalue weighted by molar-refractivity contribution is 6.32. The third kappa shape index (κ3) is 32.2. The first-order chi connectivity index (χ1) is 64.3. The van der Waals surface area contributed by atoms with Crippen LogP contribution in [-0.2, 0) is 23.7 Å². The average Bonchev–Trinajstić information content (AvgIpc) is 1.67. The van der Waals surface area contributed by atoms with Gasteiger partial charge in [0.15, 0.2) is 75.0 Å². The van der Waals surface area contributed by atoms with Crippen LogP contribution in [0.5, 0.6) is 0 Å². The lowest BCUT2D eigenvalue weighted by Crippen LogP contribution is -2.44. The van der Waals surface area contributed by atoms with Gasteiger partial charge in [-0.3, -0.25) is 4.79 Å². The molecule has 10 N–H and O–H groups in total. The third-order valence-corrected chi connectivity index (χ3v) is 23.0. The van der Waals surface area contributed by atoms with E-state index in [-0.39, 0.29) is 80.9 Å². The van der Waals surface area contributed by atoms with E-state index < -0.39 is 45.9 Å². The summed E-state index contributed by atoms with van der Waals surface area (Å²) in [7, 11) is 1.59. The number of nitrogens with one attached hydrogen (secondary N) is 8. The van der Waals surface area contributed by atoms with Crippen molar-refractivity contribution in [1.82, 2.24) is 105 Å². The minimum absolute atomic E-state index is 0.00655. The summed E-state index contributed by atoms with van der Waals surface area (Å²) in [5.74, 6) is 0.576. The molecule has 728 valence electrons. The molecule has 5 unspecified atom stereocenters. The summed E-state index contributed by atoms with van der Waals surface area (Å²) >= 11 is 34.3. The first kappa shape index (κ1) is 105. The van der Waals surface area contributed by atoms with Gasteiger partial charge in [0.1, 0.15) is 33.7 Å². The van der Waals surface area contributed by atoms with Gasteiger partial charge in [-0.2, -0.15) is 4.98 Å². The molecule has 4 amide bonds. The van der Waals surface area contributed by atoms with Crippen molar-refractivity contribution in [1.29, 1.82) is 0 Å². The molecule has 34 nitrogen and oxygen atoms in total. The molecule has 5 aliphatic heterocycles. The highest BCUT2D eigenvalue weighted by Gasteiger charge is 2.33. The fourth-order valence-electron chi connectivity index (χ4n) is 15.2. The summed E-state index contributed by atoms with van der Waals surface area (Å²) < 4.78 is 89.8. The number of fused-ring (bicyclic) bond motifs is 3. The van der Waals surface area contributed by atoms with Gasteiger partial charge in [-0.15, -0.1) is 0 Å². The number of ether oxygens (including phenoxy) is 4. The number of aromatic amines is 3. The first-order valence-corrected chi connectivity index (χ1v) is 46.6. The molecule has 0 aliphatic carbocycles. The van der Waals surface area contributed by atoms with E-state index in [9.17, 15) is 41.1 Å². The Bertz CT molecular complexity index is 5790. The maximum absolute atomic E-state index is 14.4. The summed E-state index contributed by atoms with van der Waals surface area (Å²) in [4.78, 5) is 117. The van der Waals surface area contributed by atoms with Gasteiger partial charge in [-0.25, -0.2) is 96.1 Å². The molecule has 0 aromatic carbocycles. The number of nitrogens with two attached hydrogens (primary N) is 1. The molecule has 0 spiro atoms. The first-order valence-electron chi connectivity index (χ1n) is 44.4. The van der Waals surface area contributed by atoms with Crippen molar-refractivity contribution in [2.75, 3.05) is 133 Å². The van der Waals surface area contributed by atoms with E-state index in [4.69, 9.17) is 94.3 Å². The number of halogens is 11. The average molecular weight is 1990 g/mol. The predicted molar refractivity (Wildman–Crippen MR) is 511 cm³/mol. The maximum Gasteiger partial charge on any atom is 0.410 e.